The van der Waals surface area contributed by atoms with Gasteiger partial charge in [0.1, 0.15) is 0 Å². The van der Waals surface area contributed by atoms with E-state index in [1.54, 1.807) is 22.7 Å². The van der Waals surface area contributed by atoms with Gasteiger partial charge >= 0.3 is 0 Å². The zero-order valence-corrected chi connectivity index (χ0v) is 13.7. The molecule has 0 unspecified atom stereocenters. The molecule has 3 rings (SSSR count). The lowest BCUT2D eigenvalue weighted by atomic mass is 10.0. The lowest BCUT2D eigenvalue weighted by Crippen LogP contribution is -1.84. The van der Waals surface area contributed by atoms with Crippen LogP contribution in [0, 0.1) is 6.92 Å². The maximum atomic E-state index is 10.8. The van der Waals surface area contributed by atoms with Gasteiger partial charge in [-0.3, -0.25) is 4.79 Å². The second-order valence-corrected chi connectivity index (χ2v) is 7.24. The summed E-state index contributed by atoms with van der Waals surface area (Å²) in [5, 5.41) is 0. The number of aryl methyl sites for hydroxylation is 2. The number of benzene rings is 1. The summed E-state index contributed by atoms with van der Waals surface area (Å²) in [6.07, 6.45) is 1.97. The number of rotatable bonds is 4. The van der Waals surface area contributed by atoms with E-state index >= 15 is 0 Å². The summed E-state index contributed by atoms with van der Waals surface area (Å²) < 4.78 is 0. The Hall–Kier alpha value is -1.71. The quantitative estimate of drug-likeness (QED) is 0.554. The monoisotopic (exact) mass is 312 g/mol. The van der Waals surface area contributed by atoms with Crippen molar-refractivity contribution in [2.24, 2.45) is 0 Å². The molecule has 0 N–H and O–H groups in total. The summed E-state index contributed by atoms with van der Waals surface area (Å²) in [5.41, 5.74) is 3.97. The van der Waals surface area contributed by atoms with Crippen LogP contribution < -0.4 is 0 Å². The predicted octanol–water partition coefficient (Wildman–Crippen LogP) is 5.83. The predicted molar refractivity (Wildman–Crippen MR) is 92.6 cm³/mol. The van der Waals surface area contributed by atoms with Crippen LogP contribution in [-0.4, -0.2) is 6.29 Å². The molecule has 21 heavy (non-hydrogen) atoms. The molecule has 0 aliphatic carbocycles. The summed E-state index contributed by atoms with van der Waals surface area (Å²) in [4.78, 5) is 15.3. The lowest BCUT2D eigenvalue weighted by molar-refractivity contribution is 0.112. The first-order chi connectivity index (χ1) is 10.2. The van der Waals surface area contributed by atoms with Gasteiger partial charge in [0.2, 0.25) is 0 Å². The first kappa shape index (κ1) is 14.2. The van der Waals surface area contributed by atoms with E-state index in [0.29, 0.717) is 0 Å². The van der Waals surface area contributed by atoms with Crippen molar-refractivity contribution in [3.05, 3.63) is 58.5 Å². The number of thiophene rings is 2. The fraction of sp³-hybridized carbons (Fsp3) is 0.167. The summed E-state index contributed by atoms with van der Waals surface area (Å²) >= 11 is 3.33. The molecule has 0 spiro atoms. The number of hydrogen-bond donors (Lipinski definition) is 0. The van der Waals surface area contributed by atoms with E-state index in [4.69, 9.17) is 0 Å². The van der Waals surface area contributed by atoms with Crippen LogP contribution in [0.25, 0.3) is 20.2 Å². The topological polar surface area (TPSA) is 17.1 Å². The van der Waals surface area contributed by atoms with Crippen LogP contribution in [0.15, 0.2) is 42.5 Å². The van der Waals surface area contributed by atoms with E-state index < -0.39 is 0 Å². The molecule has 0 aliphatic rings. The number of carbonyl (C=O) groups is 1. The van der Waals surface area contributed by atoms with Crippen molar-refractivity contribution in [2.75, 3.05) is 0 Å². The normalized spacial score (nSPS) is 10.8. The molecule has 1 aromatic carbocycles. The van der Waals surface area contributed by atoms with Crippen LogP contribution in [0.3, 0.4) is 0 Å². The third kappa shape index (κ3) is 2.99. The summed E-state index contributed by atoms with van der Waals surface area (Å²) in [6, 6.07) is 15.0. The van der Waals surface area contributed by atoms with Gasteiger partial charge in [-0.05, 0) is 48.7 Å². The van der Waals surface area contributed by atoms with Gasteiger partial charge in [-0.2, -0.15) is 0 Å². The molecular weight excluding hydrogens is 296 g/mol. The van der Waals surface area contributed by atoms with Crippen LogP contribution in [0.5, 0.6) is 0 Å². The van der Waals surface area contributed by atoms with E-state index in [2.05, 4.69) is 44.2 Å². The lowest BCUT2D eigenvalue weighted by Gasteiger charge is -2.04. The minimum Gasteiger partial charge on any atom is -0.297 e. The Morgan fingerprint density at radius 1 is 0.952 bits per heavy atom. The second-order valence-electron chi connectivity index (χ2n) is 5.04. The Kier molecular flexibility index (Phi) is 4.04. The Bertz CT molecular complexity index is 780. The summed E-state index contributed by atoms with van der Waals surface area (Å²) in [6.45, 7) is 4.33. The minimum atomic E-state index is 0.781. The van der Waals surface area contributed by atoms with E-state index in [0.717, 1.165) is 22.5 Å². The van der Waals surface area contributed by atoms with Crippen LogP contribution in [0.1, 0.15) is 27.7 Å². The maximum absolute atomic E-state index is 10.8. The van der Waals surface area contributed by atoms with Crippen molar-refractivity contribution in [3.8, 4) is 20.2 Å². The maximum Gasteiger partial charge on any atom is 0.160 e. The third-order valence-electron chi connectivity index (χ3n) is 3.42. The van der Waals surface area contributed by atoms with Crippen LogP contribution in [0.2, 0.25) is 0 Å². The molecule has 1 nitrogen and oxygen atoms in total. The van der Waals surface area contributed by atoms with Crippen molar-refractivity contribution < 1.29 is 4.79 Å². The Balaban J connectivity index is 1.98. The fourth-order valence-corrected chi connectivity index (χ4v) is 4.29. The smallest absolute Gasteiger partial charge is 0.160 e. The first-order valence-electron chi connectivity index (χ1n) is 6.95. The highest BCUT2D eigenvalue weighted by molar-refractivity contribution is 7.24. The van der Waals surface area contributed by atoms with E-state index in [1.165, 1.54) is 26.4 Å². The van der Waals surface area contributed by atoms with Crippen LogP contribution in [0.4, 0.5) is 0 Å². The molecule has 0 saturated carbocycles. The molecule has 0 bridgehead atoms. The number of aldehydes is 1. The molecule has 0 fully saturated rings. The van der Waals surface area contributed by atoms with E-state index in [-0.39, 0.29) is 0 Å². The van der Waals surface area contributed by atoms with Gasteiger partial charge in [0, 0.05) is 14.6 Å². The molecule has 0 amide bonds. The first-order valence-corrected chi connectivity index (χ1v) is 8.59. The molecule has 3 heteroatoms. The molecular formula is C18H16OS2. The zero-order valence-electron chi connectivity index (χ0n) is 12.1. The van der Waals surface area contributed by atoms with E-state index in [1.807, 2.05) is 12.1 Å². The van der Waals surface area contributed by atoms with Gasteiger partial charge in [-0.15, -0.1) is 22.7 Å². The Morgan fingerprint density at radius 2 is 1.67 bits per heavy atom. The molecule has 0 saturated heterocycles. The average molecular weight is 312 g/mol. The van der Waals surface area contributed by atoms with Crippen molar-refractivity contribution in [1.29, 1.82) is 0 Å². The van der Waals surface area contributed by atoms with Gasteiger partial charge in [-0.25, -0.2) is 0 Å². The Morgan fingerprint density at radius 3 is 2.38 bits per heavy atom. The largest absolute Gasteiger partial charge is 0.297 e. The van der Waals surface area contributed by atoms with Crippen LogP contribution >= 0.6 is 22.7 Å². The summed E-state index contributed by atoms with van der Waals surface area (Å²) in [5.74, 6) is 0. The molecule has 0 aliphatic heterocycles. The zero-order chi connectivity index (χ0) is 14.8. The summed E-state index contributed by atoms with van der Waals surface area (Å²) in [7, 11) is 0. The van der Waals surface area contributed by atoms with Gasteiger partial charge in [0.05, 0.1) is 4.88 Å². The molecule has 106 valence electrons. The van der Waals surface area contributed by atoms with Crippen LogP contribution in [-0.2, 0) is 6.42 Å². The Labute approximate surface area is 132 Å². The molecule has 0 atom stereocenters. The molecule has 2 heterocycles. The highest BCUT2D eigenvalue weighted by Crippen LogP contribution is 2.37. The standard InChI is InChI=1S/C18H16OS2/c1-3-13-8-12(2)9-14(10-13)16-6-7-18(21-16)17-5-4-15(11-19)20-17/h4-11H,3H2,1-2H3. The number of carbonyl (C=O) groups excluding carboxylic acids is 1. The van der Waals surface area contributed by atoms with Crippen molar-refractivity contribution in [2.45, 2.75) is 20.3 Å². The average Bonchev–Trinajstić information content (AvgIpc) is 3.15. The van der Waals surface area contributed by atoms with Gasteiger partial charge in [-0.1, -0.05) is 30.7 Å². The highest BCUT2D eigenvalue weighted by atomic mass is 32.1. The van der Waals surface area contributed by atoms with Crippen molar-refractivity contribution in [3.63, 3.8) is 0 Å². The van der Waals surface area contributed by atoms with Gasteiger partial charge < -0.3 is 0 Å². The SMILES string of the molecule is CCc1cc(C)cc(-c2ccc(-c3ccc(C=O)s3)s2)c1. The van der Waals surface area contributed by atoms with Gasteiger partial charge in [0.25, 0.3) is 0 Å². The van der Waals surface area contributed by atoms with E-state index in [9.17, 15) is 4.79 Å². The third-order valence-corrected chi connectivity index (χ3v) is 5.76. The van der Waals surface area contributed by atoms with Crippen molar-refractivity contribution in [1.82, 2.24) is 0 Å². The second kappa shape index (κ2) is 5.96. The number of hydrogen-bond acceptors (Lipinski definition) is 3. The molecule has 3 aromatic rings. The minimum absolute atomic E-state index is 0.781. The fourth-order valence-electron chi connectivity index (χ4n) is 2.38. The van der Waals surface area contributed by atoms with Gasteiger partial charge in [0.15, 0.2) is 6.29 Å². The highest BCUT2D eigenvalue weighted by Gasteiger charge is 2.08. The molecule has 2 aromatic heterocycles. The van der Waals surface area contributed by atoms with Crippen molar-refractivity contribution >= 4 is 29.0 Å². The molecule has 0 radical (unpaired) electrons.